The maximum atomic E-state index is 11.7. The number of rotatable bonds is 0. The van der Waals surface area contributed by atoms with E-state index in [-0.39, 0.29) is 5.91 Å². The smallest absolute Gasteiger partial charge is 0.219 e. The van der Waals surface area contributed by atoms with Crippen LogP contribution in [0.5, 0.6) is 0 Å². The van der Waals surface area contributed by atoms with E-state index in [4.69, 9.17) is 0 Å². The number of aryl methyl sites for hydroxylation is 1. The zero-order valence-electron chi connectivity index (χ0n) is 10.4. The first kappa shape index (κ1) is 10.8. The molecular formula is C15H19NO. The second-order valence-electron chi connectivity index (χ2n) is 5.27. The van der Waals surface area contributed by atoms with Gasteiger partial charge in [0.2, 0.25) is 5.91 Å². The molecule has 0 radical (unpaired) electrons. The van der Waals surface area contributed by atoms with Crippen LogP contribution in [0.4, 0.5) is 0 Å². The van der Waals surface area contributed by atoms with E-state index in [1.54, 1.807) is 6.92 Å². The normalized spacial score (nSPS) is 27.2. The summed E-state index contributed by atoms with van der Waals surface area (Å²) >= 11 is 0. The van der Waals surface area contributed by atoms with Gasteiger partial charge in [0.05, 0.1) is 0 Å². The van der Waals surface area contributed by atoms with E-state index < -0.39 is 0 Å². The first-order valence-corrected chi connectivity index (χ1v) is 6.62. The largest absolute Gasteiger partial charge is 0.339 e. The summed E-state index contributed by atoms with van der Waals surface area (Å²) in [6.07, 6.45) is 4.66. The fourth-order valence-electron chi connectivity index (χ4n) is 3.59. The molecule has 2 nitrogen and oxygen atoms in total. The zero-order valence-corrected chi connectivity index (χ0v) is 10.4. The molecule has 0 bridgehead atoms. The maximum Gasteiger partial charge on any atom is 0.219 e. The highest BCUT2D eigenvalue weighted by Gasteiger charge is 2.36. The van der Waals surface area contributed by atoms with Gasteiger partial charge in [-0.05, 0) is 36.8 Å². The van der Waals surface area contributed by atoms with Gasteiger partial charge in [-0.15, -0.1) is 0 Å². The monoisotopic (exact) mass is 229 g/mol. The Hall–Kier alpha value is -1.31. The minimum atomic E-state index is 0.249. The fraction of sp³-hybridized carbons (Fsp3) is 0.533. The standard InChI is InChI=1S/C15H19NO/c1-11(17)16-10-4-7-14-13-6-3-2-5-12(13)8-9-15(14)16/h2-3,5-6,14-15H,4,7-10H2,1H3. The van der Waals surface area contributed by atoms with Gasteiger partial charge in [0, 0.05) is 25.4 Å². The molecule has 1 saturated heterocycles. The third-order valence-corrected chi connectivity index (χ3v) is 4.35. The molecule has 2 unspecified atom stereocenters. The van der Waals surface area contributed by atoms with Gasteiger partial charge < -0.3 is 4.90 Å². The third kappa shape index (κ3) is 1.76. The average molecular weight is 229 g/mol. The Kier molecular flexibility index (Phi) is 2.65. The lowest BCUT2D eigenvalue weighted by Gasteiger charge is -2.44. The number of carbonyl (C=O) groups is 1. The number of nitrogens with zero attached hydrogens (tertiary/aromatic N) is 1. The van der Waals surface area contributed by atoms with E-state index in [1.165, 1.54) is 17.5 Å². The van der Waals surface area contributed by atoms with E-state index in [0.717, 1.165) is 25.8 Å². The average Bonchev–Trinajstić information content (AvgIpc) is 2.37. The third-order valence-electron chi connectivity index (χ3n) is 4.35. The van der Waals surface area contributed by atoms with Crippen molar-refractivity contribution in [1.82, 2.24) is 4.90 Å². The van der Waals surface area contributed by atoms with Gasteiger partial charge in [-0.1, -0.05) is 24.3 Å². The number of likely N-dealkylation sites (tertiary alicyclic amines) is 1. The molecule has 2 heteroatoms. The van der Waals surface area contributed by atoms with Crippen LogP contribution in [0.3, 0.4) is 0 Å². The molecule has 1 heterocycles. The summed E-state index contributed by atoms with van der Waals surface area (Å²) in [5.41, 5.74) is 2.99. The number of carbonyl (C=O) groups excluding carboxylic acids is 1. The zero-order chi connectivity index (χ0) is 11.8. The Labute approximate surface area is 103 Å². The Morgan fingerprint density at radius 2 is 2.12 bits per heavy atom. The van der Waals surface area contributed by atoms with E-state index in [1.807, 2.05) is 0 Å². The summed E-state index contributed by atoms with van der Waals surface area (Å²) in [6, 6.07) is 9.23. The van der Waals surface area contributed by atoms with Crippen molar-refractivity contribution < 1.29 is 4.79 Å². The van der Waals surface area contributed by atoms with Crippen LogP contribution in [0, 0.1) is 0 Å². The second kappa shape index (κ2) is 4.17. The molecule has 1 aromatic carbocycles. The van der Waals surface area contributed by atoms with Crippen molar-refractivity contribution in [3.05, 3.63) is 35.4 Å². The summed E-state index contributed by atoms with van der Waals surface area (Å²) in [7, 11) is 0. The fourth-order valence-corrected chi connectivity index (χ4v) is 3.59. The van der Waals surface area contributed by atoms with Gasteiger partial charge in [-0.2, -0.15) is 0 Å². The molecule has 0 N–H and O–H groups in total. The predicted molar refractivity (Wildman–Crippen MR) is 67.9 cm³/mol. The van der Waals surface area contributed by atoms with Crippen LogP contribution in [0.2, 0.25) is 0 Å². The van der Waals surface area contributed by atoms with E-state index >= 15 is 0 Å². The molecule has 90 valence electrons. The van der Waals surface area contributed by atoms with Gasteiger partial charge in [0.25, 0.3) is 0 Å². The summed E-state index contributed by atoms with van der Waals surface area (Å²) in [6.45, 7) is 2.67. The van der Waals surface area contributed by atoms with Crippen molar-refractivity contribution in [3.8, 4) is 0 Å². The van der Waals surface area contributed by atoms with Gasteiger partial charge in [-0.25, -0.2) is 0 Å². The first-order chi connectivity index (χ1) is 8.27. The SMILES string of the molecule is CC(=O)N1CCCC2c3ccccc3CCC21. The molecule has 3 rings (SSSR count). The minimum absolute atomic E-state index is 0.249. The van der Waals surface area contributed by atoms with Crippen molar-refractivity contribution in [1.29, 1.82) is 0 Å². The highest BCUT2D eigenvalue weighted by molar-refractivity contribution is 5.74. The molecule has 0 aromatic heterocycles. The van der Waals surface area contributed by atoms with Crippen molar-refractivity contribution in [2.75, 3.05) is 6.54 Å². The molecule has 1 aromatic rings. The number of hydrogen-bond donors (Lipinski definition) is 0. The lowest BCUT2D eigenvalue weighted by atomic mass is 9.74. The Bertz CT molecular complexity index is 440. The predicted octanol–water partition coefficient (Wildman–Crippen LogP) is 2.73. The molecule has 17 heavy (non-hydrogen) atoms. The van der Waals surface area contributed by atoms with Crippen LogP contribution >= 0.6 is 0 Å². The van der Waals surface area contributed by atoms with Gasteiger partial charge in [0.15, 0.2) is 0 Å². The van der Waals surface area contributed by atoms with E-state index in [0.29, 0.717) is 12.0 Å². The molecule has 1 aliphatic carbocycles. The van der Waals surface area contributed by atoms with Crippen LogP contribution in [-0.4, -0.2) is 23.4 Å². The molecule has 1 fully saturated rings. The van der Waals surface area contributed by atoms with Crippen LogP contribution in [0.15, 0.2) is 24.3 Å². The van der Waals surface area contributed by atoms with Gasteiger partial charge in [-0.3, -0.25) is 4.79 Å². The molecule has 2 atom stereocenters. The number of hydrogen-bond acceptors (Lipinski definition) is 1. The Morgan fingerprint density at radius 3 is 2.94 bits per heavy atom. The minimum Gasteiger partial charge on any atom is -0.339 e. The topological polar surface area (TPSA) is 20.3 Å². The van der Waals surface area contributed by atoms with Crippen LogP contribution in [-0.2, 0) is 11.2 Å². The number of piperidine rings is 1. The van der Waals surface area contributed by atoms with Crippen LogP contribution in [0.1, 0.15) is 43.2 Å². The second-order valence-corrected chi connectivity index (χ2v) is 5.27. The van der Waals surface area contributed by atoms with Crippen LogP contribution < -0.4 is 0 Å². The lowest BCUT2D eigenvalue weighted by Crippen LogP contribution is -2.48. The quantitative estimate of drug-likeness (QED) is 0.670. The maximum absolute atomic E-state index is 11.7. The number of benzene rings is 1. The summed E-state index contributed by atoms with van der Waals surface area (Å²) < 4.78 is 0. The lowest BCUT2D eigenvalue weighted by molar-refractivity contribution is -0.133. The Balaban J connectivity index is 1.96. The number of amides is 1. The highest BCUT2D eigenvalue weighted by Crippen LogP contribution is 2.40. The Morgan fingerprint density at radius 1 is 1.29 bits per heavy atom. The van der Waals surface area contributed by atoms with Crippen molar-refractivity contribution in [3.63, 3.8) is 0 Å². The number of fused-ring (bicyclic) bond motifs is 3. The molecule has 0 saturated carbocycles. The summed E-state index contributed by atoms with van der Waals surface area (Å²) in [5, 5.41) is 0. The molecule has 0 spiro atoms. The van der Waals surface area contributed by atoms with Gasteiger partial charge >= 0.3 is 0 Å². The van der Waals surface area contributed by atoms with Crippen LogP contribution in [0.25, 0.3) is 0 Å². The van der Waals surface area contributed by atoms with Crippen molar-refractivity contribution in [2.24, 2.45) is 0 Å². The molecular weight excluding hydrogens is 210 g/mol. The molecule has 1 aliphatic heterocycles. The van der Waals surface area contributed by atoms with Gasteiger partial charge in [0.1, 0.15) is 0 Å². The van der Waals surface area contributed by atoms with E-state index in [2.05, 4.69) is 29.2 Å². The molecule has 1 amide bonds. The molecule has 2 aliphatic rings. The van der Waals surface area contributed by atoms with Crippen molar-refractivity contribution >= 4 is 5.91 Å². The first-order valence-electron chi connectivity index (χ1n) is 6.62. The van der Waals surface area contributed by atoms with Crippen molar-refractivity contribution in [2.45, 2.75) is 44.6 Å². The van der Waals surface area contributed by atoms with E-state index in [9.17, 15) is 4.79 Å². The summed E-state index contributed by atoms with van der Waals surface area (Å²) in [5.74, 6) is 0.830. The summed E-state index contributed by atoms with van der Waals surface area (Å²) in [4.78, 5) is 13.8. The highest BCUT2D eigenvalue weighted by atomic mass is 16.2.